The second kappa shape index (κ2) is 7.63. The van der Waals surface area contributed by atoms with Crippen LogP contribution < -0.4 is 9.47 Å². The highest BCUT2D eigenvalue weighted by molar-refractivity contribution is 5.60. The molecule has 1 aliphatic rings. The number of likely N-dealkylation sites (N-methyl/N-ethyl adjacent to an activating group) is 1. The quantitative estimate of drug-likeness (QED) is 0.771. The number of aromatic nitrogens is 2. The summed E-state index contributed by atoms with van der Waals surface area (Å²) in [6, 6.07) is 5.62. The summed E-state index contributed by atoms with van der Waals surface area (Å²) in [5.41, 5.74) is 0.819. The lowest BCUT2D eigenvalue weighted by atomic mass is 10.2. The molecular formula is C17H23N3O4. The molecule has 1 aromatic heterocycles. The summed E-state index contributed by atoms with van der Waals surface area (Å²) >= 11 is 0. The normalized spacial score (nSPS) is 17.4. The Kier molecular flexibility index (Phi) is 5.32. The minimum atomic E-state index is -0.0817. The SMILES string of the molecule is COc1cc(-c2noc(C3CCCO3)n2)ccc1OCCN(C)C. The second-order valence-electron chi connectivity index (χ2n) is 5.98. The topological polar surface area (TPSA) is 69.9 Å². The third-order valence-corrected chi connectivity index (χ3v) is 3.86. The number of benzene rings is 1. The lowest BCUT2D eigenvalue weighted by Gasteiger charge is -2.13. The zero-order chi connectivity index (χ0) is 16.9. The summed E-state index contributed by atoms with van der Waals surface area (Å²) in [5, 5.41) is 4.05. The summed E-state index contributed by atoms with van der Waals surface area (Å²) in [4.78, 5) is 6.51. The molecule has 1 aromatic carbocycles. The molecule has 1 atom stereocenters. The van der Waals surface area contributed by atoms with Crippen molar-refractivity contribution < 1.29 is 18.7 Å². The predicted octanol–water partition coefficient (Wildman–Crippen LogP) is 2.54. The molecule has 3 rings (SSSR count). The summed E-state index contributed by atoms with van der Waals surface area (Å²) in [7, 11) is 5.63. The maximum absolute atomic E-state index is 5.77. The number of methoxy groups -OCH3 is 1. The van der Waals surface area contributed by atoms with E-state index in [9.17, 15) is 0 Å². The minimum absolute atomic E-state index is 0.0817. The Morgan fingerprint density at radius 1 is 1.29 bits per heavy atom. The molecule has 1 saturated heterocycles. The molecule has 1 aliphatic heterocycles. The van der Waals surface area contributed by atoms with Crippen LogP contribution in [0, 0.1) is 0 Å². The van der Waals surface area contributed by atoms with Gasteiger partial charge < -0.3 is 23.6 Å². The molecule has 0 aliphatic carbocycles. The highest BCUT2D eigenvalue weighted by Gasteiger charge is 2.24. The van der Waals surface area contributed by atoms with Crippen molar-refractivity contribution in [1.82, 2.24) is 15.0 Å². The lowest BCUT2D eigenvalue weighted by molar-refractivity contribution is 0.0835. The summed E-state index contributed by atoms with van der Waals surface area (Å²) < 4.78 is 22.1. The number of hydrogen-bond acceptors (Lipinski definition) is 7. The average Bonchev–Trinajstić information content (AvgIpc) is 3.26. The molecule has 2 heterocycles. The average molecular weight is 333 g/mol. The van der Waals surface area contributed by atoms with Crippen molar-refractivity contribution in [2.75, 3.05) is 41.0 Å². The molecule has 0 radical (unpaired) electrons. The van der Waals surface area contributed by atoms with Crippen LogP contribution >= 0.6 is 0 Å². The van der Waals surface area contributed by atoms with Gasteiger partial charge in [0, 0.05) is 18.7 Å². The molecule has 0 N–H and O–H groups in total. The van der Waals surface area contributed by atoms with Gasteiger partial charge in [-0.05, 0) is 45.1 Å². The van der Waals surface area contributed by atoms with Crippen molar-refractivity contribution in [2.24, 2.45) is 0 Å². The van der Waals surface area contributed by atoms with Crippen molar-refractivity contribution in [3.05, 3.63) is 24.1 Å². The van der Waals surface area contributed by atoms with Crippen LogP contribution in [0.5, 0.6) is 11.5 Å². The van der Waals surface area contributed by atoms with Gasteiger partial charge in [-0.25, -0.2) is 0 Å². The van der Waals surface area contributed by atoms with E-state index < -0.39 is 0 Å². The van der Waals surface area contributed by atoms with E-state index in [2.05, 4.69) is 15.0 Å². The van der Waals surface area contributed by atoms with Crippen LogP contribution in [0.3, 0.4) is 0 Å². The Hall–Kier alpha value is -2.12. The molecule has 7 nitrogen and oxygen atoms in total. The number of rotatable bonds is 7. The third kappa shape index (κ3) is 3.85. The Morgan fingerprint density at radius 3 is 2.88 bits per heavy atom. The van der Waals surface area contributed by atoms with Crippen molar-refractivity contribution >= 4 is 0 Å². The molecule has 24 heavy (non-hydrogen) atoms. The monoisotopic (exact) mass is 333 g/mol. The van der Waals surface area contributed by atoms with Gasteiger partial charge in [0.2, 0.25) is 5.82 Å². The molecule has 1 unspecified atom stereocenters. The lowest BCUT2D eigenvalue weighted by Crippen LogP contribution is -2.19. The standard InChI is InChI=1S/C17H23N3O4/c1-20(2)8-10-23-13-7-6-12(11-15(13)21-3)16-18-17(24-19-16)14-5-4-9-22-14/h6-7,11,14H,4-5,8-10H2,1-3H3. The van der Waals surface area contributed by atoms with Gasteiger partial charge in [-0.3, -0.25) is 0 Å². The van der Waals surface area contributed by atoms with Crippen molar-refractivity contribution in [1.29, 1.82) is 0 Å². The Morgan fingerprint density at radius 2 is 2.17 bits per heavy atom. The Bertz CT molecular complexity index is 666. The van der Waals surface area contributed by atoms with Gasteiger partial charge in [-0.2, -0.15) is 4.98 Å². The van der Waals surface area contributed by atoms with E-state index in [1.165, 1.54) is 0 Å². The third-order valence-electron chi connectivity index (χ3n) is 3.86. The summed E-state index contributed by atoms with van der Waals surface area (Å²) in [6.45, 7) is 2.17. The van der Waals surface area contributed by atoms with Crippen LogP contribution in [0.25, 0.3) is 11.4 Å². The zero-order valence-electron chi connectivity index (χ0n) is 14.3. The number of ether oxygens (including phenoxy) is 3. The van der Waals surface area contributed by atoms with Gasteiger partial charge in [0.05, 0.1) is 7.11 Å². The van der Waals surface area contributed by atoms with E-state index in [0.717, 1.165) is 31.6 Å². The molecule has 2 aromatic rings. The first-order valence-electron chi connectivity index (χ1n) is 8.08. The molecule has 0 amide bonds. The molecule has 1 fully saturated rings. The number of nitrogens with zero attached hydrogens (tertiary/aromatic N) is 3. The Labute approximate surface area is 141 Å². The van der Waals surface area contributed by atoms with E-state index in [1.54, 1.807) is 7.11 Å². The summed E-state index contributed by atoms with van der Waals surface area (Å²) in [6.07, 6.45) is 1.86. The molecule has 7 heteroatoms. The van der Waals surface area contributed by atoms with Crippen LogP contribution in [0.1, 0.15) is 24.8 Å². The van der Waals surface area contributed by atoms with Crippen LogP contribution in [-0.2, 0) is 4.74 Å². The number of hydrogen-bond donors (Lipinski definition) is 0. The van der Waals surface area contributed by atoms with Gasteiger partial charge in [0.25, 0.3) is 5.89 Å². The van der Waals surface area contributed by atoms with Gasteiger partial charge in [0.15, 0.2) is 11.5 Å². The molecule has 0 spiro atoms. The molecule has 0 bridgehead atoms. The maximum atomic E-state index is 5.77. The molecule has 0 saturated carbocycles. The van der Waals surface area contributed by atoms with E-state index in [0.29, 0.717) is 29.8 Å². The molecular weight excluding hydrogens is 310 g/mol. The van der Waals surface area contributed by atoms with Gasteiger partial charge in [-0.15, -0.1) is 0 Å². The van der Waals surface area contributed by atoms with E-state index in [-0.39, 0.29) is 6.10 Å². The van der Waals surface area contributed by atoms with Crippen LogP contribution in [-0.4, -0.2) is 56.0 Å². The smallest absolute Gasteiger partial charge is 0.256 e. The maximum Gasteiger partial charge on any atom is 0.256 e. The predicted molar refractivity (Wildman–Crippen MR) is 88.3 cm³/mol. The minimum Gasteiger partial charge on any atom is -0.493 e. The molecule has 130 valence electrons. The van der Waals surface area contributed by atoms with Crippen LogP contribution in [0.15, 0.2) is 22.7 Å². The first kappa shape index (κ1) is 16.7. The summed E-state index contributed by atoms with van der Waals surface area (Å²) in [5.74, 6) is 2.41. The van der Waals surface area contributed by atoms with E-state index >= 15 is 0 Å². The first-order chi connectivity index (χ1) is 11.7. The first-order valence-corrected chi connectivity index (χ1v) is 8.08. The van der Waals surface area contributed by atoms with Gasteiger partial charge in [0.1, 0.15) is 12.7 Å². The fourth-order valence-electron chi connectivity index (χ4n) is 2.52. The van der Waals surface area contributed by atoms with Gasteiger partial charge in [-0.1, -0.05) is 5.16 Å². The highest BCUT2D eigenvalue weighted by atomic mass is 16.5. The van der Waals surface area contributed by atoms with Crippen LogP contribution in [0.2, 0.25) is 0 Å². The highest BCUT2D eigenvalue weighted by Crippen LogP contribution is 2.33. The van der Waals surface area contributed by atoms with Crippen molar-refractivity contribution in [3.8, 4) is 22.9 Å². The fraction of sp³-hybridized carbons (Fsp3) is 0.529. The van der Waals surface area contributed by atoms with E-state index in [4.69, 9.17) is 18.7 Å². The van der Waals surface area contributed by atoms with E-state index in [1.807, 2.05) is 32.3 Å². The largest absolute Gasteiger partial charge is 0.493 e. The van der Waals surface area contributed by atoms with Gasteiger partial charge >= 0.3 is 0 Å². The van der Waals surface area contributed by atoms with Crippen molar-refractivity contribution in [2.45, 2.75) is 18.9 Å². The fourth-order valence-corrected chi connectivity index (χ4v) is 2.52. The Balaban J connectivity index is 1.74. The van der Waals surface area contributed by atoms with Crippen LogP contribution in [0.4, 0.5) is 0 Å². The second-order valence-corrected chi connectivity index (χ2v) is 5.98. The zero-order valence-corrected chi connectivity index (χ0v) is 14.3. The van der Waals surface area contributed by atoms with Crippen molar-refractivity contribution in [3.63, 3.8) is 0 Å².